The summed E-state index contributed by atoms with van der Waals surface area (Å²) in [6.45, 7) is 5.71. The van der Waals surface area contributed by atoms with Gasteiger partial charge in [-0.05, 0) is 35.3 Å². The fourth-order valence-corrected chi connectivity index (χ4v) is 4.53. The Morgan fingerprint density at radius 2 is 2.33 bits per heavy atom. The molecule has 0 aliphatic rings. The predicted molar refractivity (Wildman–Crippen MR) is 66.8 cm³/mol. The summed E-state index contributed by atoms with van der Waals surface area (Å²) in [6, 6.07) is 1.62. The monoisotopic (exact) mass is 309 g/mol. The van der Waals surface area contributed by atoms with E-state index < -0.39 is 10.0 Å². The summed E-state index contributed by atoms with van der Waals surface area (Å²) >= 11 is 4.68. The minimum absolute atomic E-state index is 0.350. The lowest BCUT2D eigenvalue weighted by atomic mass is 10.4. The number of thiophene rings is 1. The average molecular weight is 310 g/mol. The van der Waals surface area contributed by atoms with Gasteiger partial charge in [-0.3, -0.25) is 0 Å². The fourth-order valence-electron chi connectivity index (χ4n) is 1.07. The Bertz CT molecular complexity index is 451. The molecule has 6 heteroatoms. The van der Waals surface area contributed by atoms with Crippen LogP contribution in [0, 0.1) is 6.92 Å². The number of aryl methyl sites for hydroxylation is 1. The third-order valence-electron chi connectivity index (χ3n) is 1.77. The fraction of sp³-hybridized carbons (Fsp3) is 0.333. The summed E-state index contributed by atoms with van der Waals surface area (Å²) in [5, 5.41) is 0. The lowest BCUT2D eigenvalue weighted by Crippen LogP contribution is -2.24. The van der Waals surface area contributed by atoms with Crippen molar-refractivity contribution >= 4 is 37.3 Å². The van der Waals surface area contributed by atoms with Crippen LogP contribution in [-0.4, -0.2) is 15.0 Å². The second-order valence-electron chi connectivity index (χ2n) is 2.95. The smallest absolute Gasteiger partial charge is 0.211 e. The van der Waals surface area contributed by atoms with Gasteiger partial charge in [-0.15, -0.1) is 17.9 Å². The molecule has 0 saturated carbocycles. The van der Waals surface area contributed by atoms with Crippen LogP contribution >= 0.6 is 27.3 Å². The van der Waals surface area contributed by atoms with Crippen molar-refractivity contribution in [1.82, 2.24) is 4.72 Å². The number of nitrogens with one attached hydrogen (secondary N) is 1. The maximum absolute atomic E-state index is 11.8. The molecule has 0 unspecified atom stereocenters. The van der Waals surface area contributed by atoms with E-state index in [4.69, 9.17) is 0 Å². The number of halogens is 1. The van der Waals surface area contributed by atoms with E-state index in [2.05, 4.69) is 27.2 Å². The van der Waals surface area contributed by atoms with Gasteiger partial charge in [-0.2, -0.15) is 0 Å². The van der Waals surface area contributed by atoms with Crippen LogP contribution in [0.2, 0.25) is 0 Å². The molecule has 1 aromatic heterocycles. The minimum Gasteiger partial charge on any atom is -0.211 e. The van der Waals surface area contributed by atoms with Crippen molar-refractivity contribution in [3.63, 3.8) is 0 Å². The van der Waals surface area contributed by atoms with Gasteiger partial charge in [0.2, 0.25) is 10.0 Å². The van der Waals surface area contributed by atoms with Gasteiger partial charge in [0.15, 0.2) is 0 Å². The molecule has 1 heterocycles. The van der Waals surface area contributed by atoms with Gasteiger partial charge in [0.1, 0.15) is 0 Å². The van der Waals surface area contributed by atoms with Gasteiger partial charge in [0.25, 0.3) is 0 Å². The zero-order chi connectivity index (χ0) is 11.5. The number of rotatable bonds is 5. The van der Waals surface area contributed by atoms with Crippen molar-refractivity contribution in [3.05, 3.63) is 27.4 Å². The molecule has 1 aromatic rings. The highest BCUT2D eigenvalue weighted by Gasteiger charge is 2.18. The lowest BCUT2D eigenvalue weighted by molar-refractivity contribution is 0.582. The number of hydrogen-bond donors (Lipinski definition) is 1. The maximum Gasteiger partial charge on any atom is 0.241 e. The second-order valence-corrected chi connectivity index (χ2v) is 7.32. The van der Waals surface area contributed by atoms with E-state index in [9.17, 15) is 8.42 Å². The SMILES string of the molecule is C=CCCNS(=O)(=O)c1cc(Br)sc1C. The first kappa shape index (κ1) is 12.9. The van der Waals surface area contributed by atoms with Crippen LogP contribution in [0.25, 0.3) is 0 Å². The topological polar surface area (TPSA) is 46.2 Å². The predicted octanol–water partition coefficient (Wildman–Crippen LogP) is 2.67. The molecule has 0 aromatic carbocycles. The molecule has 84 valence electrons. The van der Waals surface area contributed by atoms with Crippen LogP contribution in [0.4, 0.5) is 0 Å². The molecule has 0 bridgehead atoms. The van der Waals surface area contributed by atoms with Gasteiger partial charge in [0, 0.05) is 11.4 Å². The molecule has 0 atom stereocenters. The largest absolute Gasteiger partial charge is 0.241 e. The summed E-state index contributed by atoms with van der Waals surface area (Å²) in [5.41, 5.74) is 0. The standard InChI is InChI=1S/C9H12BrNO2S2/c1-3-4-5-11-15(12,13)8-6-9(10)14-7(8)2/h3,6,11H,1,4-5H2,2H3. The van der Waals surface area contributed by atoms with Gasteiger partial charge < -0.3 is 0 Å². The first-order valence-corrected chi connectivity index (χ1v) is 7.43. The van der Waals surface area contributed by atoms with Gasteiger partial charge >= 0.3 is 0 Å². The molecule has 0 radical (unpaired) electrons. The van der Waals surface area contributed by atoms with Crippen LogP contribution < -0.4 is 4.72 Å². The summed E-state index contributed by atoms with van der Waals surface area (Å²) in [4.78, 5) is 1.14. The first-order chi connectivity index (χ1) is 6.97. The van der Waals surface area contributed by atoms with Gasteiger partial charge in [-0.25, -0.2) is 13.1 Å². The van der Waals surface area contributed by atoms with E-state index in [0.29, 0.717) is 17.9 Å². The van der Waals surface area contributed by atoms with Gasteiger partial charge in [-0.1, -0.05) is 6.08 Å². The summed E-state index contributed by atoms with van der Waals surface area (Å²) in [7, 11) is -3.36. The quantitative estimate of drug-likeness (QED) is 0.671. The Morgan fingerprint density at radius 1 is 1.67 bits per heavy atom. The van der Waals surface area contributed by atoms with E-state index in [-0.39, 0.29) is 0 Å². The molecule has 3 nitrogen and oxygen atoms in total. The Morgan fingerprint density at radius 3 is 2.80 bits per heavy atom. The summed E-state index contributed by atoms with van der Waals surface area (Å²) < 4.78 is 26.9. The minimum atomic E-state index is -3.36. The van der Waals surface area contributed by atoms with Crippen molar-refractivity contribution < 1.29 is 8.42 Å². The van der Waals surface area contributed by atoms with Crippen LogP contribution in [-0.2, 0) is 10.0 Å². The molecule has 15 heavy (non-hydrogen) atoms. The summed E-state index contributed by atoms with van der Waals surface area (Å²) in [6.07, 6.45) is 2.31. The third kappa shape index (κ3) is 3.41. The molecule has 0 aliphatic carbocycles. The molecule has 0 fully saturated rings. The Labute approximate surface area is 102 Å². The van der Waals surface area contributed by atoms with Crippen molar-refractivity contribution in [2.45, 2.75) is 18.2 Å². The average Bonchev–Trinajstić information content (AvgIpc) is 2.46. The van der Waals surface area contributed by atoms with E-state index in [1.807, 2.05) is 0 Å². The normalized spacial score (nSPS) is 11.6. The zero-order valence-corrected chi connectivity index (χ0v) is 11.5. The third-order valence-corrected chi connectivity index (χ3v) is 5.04. The Hall–Kier alpha value is -0.170. The van der Waals surface area contributed by atoms with Crippen LogP contribution in [0.1, 0.15) is 11.3 Å². The Kier molecular flexibility index (Phi) is 4.51. The van der Waals surface area contributed by atoms with Crippen molar-refractivity contribution in [2.24, 2.45) is 0 Å². The molecule has 1 rings (SSSR count). The van der Waals surface area contributed by atoms with E-state index in [1.54, 1.807) is 19.1 Å². The lowest BCUT2D eigenvalue weighted by Gasteiger charge is -2.03. The maximum atomic E-state index is 11.8. The highest BCUT2D eigenvalue weighted by molar-refractivity contribution is 9.11. The Balaban J connectivity index is 2.86. The molecule has 0 saturated heterocycles. The molecule has 0 aliphatic heterocycles. The van der Waals surface area contributed by atoms with E-state index >= 15 is 0 Å². The highest BCUT2D eigenvalue weighted by atomic mass is 79.9. The van der Waals surface area contributed by atoms with E-state index in [0.717, 1.165) is 8.66 Å². The highest BCUT2D eigenvalue weighted by Crippen LogP contribution is 2.29. The first-order valence-electron chi connectivity index (χ1n) is 4.34. The molecule has 0 amide bonds. The number of sulfonamides is 1. The zero-order valence-electron chi connectivity index (χ0n) is 8.29. The van der Waals surface area contributed by atoms with Crippen molar-refractivity contribution in [1.29, 1.82) is 0 Å². The molecular weight excluding hydrogens is 298 g/mol. The summed E-state index contributed by atoms with van der Waals surface area (Å²) in [5.74, 6) is 0. The van der Waals surface area contributed by atoms with Crippen molar-refractivity contribution in [2.75, 3.05) is 6.54 Å². The van der Waals surface area contributed by atoms with Gasteiger partial charge in [0.05, 0.1) is 8.68 Å². The van der Waals surface area contributed by atoms with E-state index in [1.165, 1.54) is 11.3 Å². The molecule has 1 N–H and O–H groups in total. The van der Waals surface area contributed by atoms with Crippen LogP contribution in [0.5, 0.6) is 0 Å². The molecular formula is C9H12BrNO2S2. The number of hydrogen-bond acceptors (Lipinski definition) is 3. The molecule has 0 spiro atoms. The van der Waals surface area contributed by atoms with Crippen LogP contribution in [0.15, 0.2) is 27.4 Å². The second kappa shape index (κ2) is 5.25. The van der Waals surface area contributed by atoms with Crippen LogP contribution in [0.3, 0.4) is 0 Å². The van der Waals surface area contributed by atoms with Crippen molar-refractivity contribution in [3.8, 4) is 0 Å².